The molecule has 0 aliphatic heterocycles. The topological polar surface area (TPSA) is 68.5 Å². The Balaban J connectivity index is 2.95. The van der Waals surface area contributed by atoms with Gasteiger partial charge in [0.05, 0.1) is 25.4 Å². The van der Waals surface area contributed by atoms with Gasteiger partial charge in [0.2, 0.25) is 5.91 Å². The highest BCUT2D eigenvalue weighted by atomic mass is 16.5. The van der Waals surface area contributed by atoms with Crippen molar-refractivity contribution < 1.29 is 9.53 Å². The molecule has 0 saturated heterocycles. The Kier molecular flexibility index (Phi) is 4.67. The second-order valence-electron chi connectivity index (χ2n) is 4.53. The second kappa shape index (κ2) is 5.82. The first-order valence-electron chi connectivity index (χ1n) is 5.88. The van der Waals surface area contributed by atoms with Gasteiger partial charge in [0, 0.05) is 24.4 Å². The first-order valence-corrected chi connectivity index (χ1v) is 5.88. The molecule has 0 bridgehead atoms. The Morgan fingerprint density at radius 1 is 1.56 bits per heavy atom. The zero-order chi connectivity index (χ0) is 13.9. The van der Waals surface area contributed by atoms with Gasteiger partial charge in [0.25, 0.3) is 0 Å². The van der Waals surface area contributed by atoms with E-state index in [9.17, 15) is 4.79 Å². The fourth-order valence-electron chi connectivity index (χ4n) is 1.88. The molecular formula is C13H21N3O2. The molecule has 1 aromatic heterocycles. The van der Waals surface area contributed by atoms with Gasteiger partial charge in [-0.3, -0.25) is 9.78 Å². The lowest BCUT2D eigenvalue weighted by Gasteiger charge is -2.20. The van der Waals surface area contributed by atoms with Crippen molar-refractivity contribution in [1.29, 1.82) is 0 Å². The Bertz CT molecular complexity index is 444. The van der Waals surface area contributed by atoms with Gasteiger partial charge in [0.15, 0.2) is 0 Å². The third-order valence-corrected chi connectivity index (χ3v) is 2.90. The largest absolute Gasteiger partial charge is 0.496 e. The molecule has 0 aliphatic rings. The van der Waals surface area contributed by atoms with Crippen molar-refractivity contribution >= 4 is 5.91 Å². The number of nitrogens with two attached hydrogens (primary N) is 1. The van der Waals surface area contributed by atoms with Crippen LogP contribution in [0.2, 0.25) is 0 Å². The lowest BCUT2D eigenvalue weighted by molar-refractivity contribution is -0.131. The van der Waals surface area contributed by atoms with E-state index >= 15 is 0 Å². The highest BCUT2D eigenvalue weighted by Crippen LogP contribution is 2.24. The van der Waals surface area contributed by atoms with Crippen LogP contribution in [0, 0.1) is 13.8 Å². The summed E-state index contributed by atoms with van der Waals surface area (Å²) in [4.78, 5) is 17.7. The minimum Gasteiger partial charge on any atom is -0.496 e. The van der Waals surface area contributed by atoms with E-state index in [1.807, 2.05) is 13.8 Å². The number of aromatic nitrogens is 1. The summed E-state index contributed by atoms with van der Waals surface area (Å²) < 4.78 is 5.34. The molecule has 1 unspecified atom stereocenters. The molecule has 5 heteroatoms. The van der Waals surface area contributed by atoms with Crippen molar-refractivity contribution in [2.75, 3.05) is 14.2 Å². The summed E-state index contributed by atoms with van der Waals surface area (Å²) in [6, 6.07) is -0.498. The van der Waals surface area contributed by atoms with Crippen LogP contribution < -0.4 is 10.5 Å². The Morgan fingerprint density at radius 3 is 2.67 bits per heavy atom. The van der Waals surface area contributed by atoms with E-state index in [4.69, 9.17) is 10.5 Å². The third kappa shape index (κ3) is 2.98. The molecule has 1 heterocycles. The fraction of sp³-hybridized carbons (Fsp3) is 0.538. The zero-order valence-electron chi connectivity index (χ0n) is 11.7. The number of hydrogen-bond acceptors (Lipinski definition) is 4. The van der Waals surface area contributed by atoms with E-state index in [1.165, 1.54) is 0 Å². The highest BCUT2D eigenvalue weighted by Gasteiger charge is 2.16. The lowest BCUT2D eigenvalue weighted by atomic mass is 10.1. The predicted molar refractivity (Wildman–Crippen MR) is 70.4 cm³/mol. The summed E-state index contributed by atoms with van der Waals surface area (Å²) in [5, 5.41) is 0. The molecule has 5 nitrogen and oxygen atoms in total. The Hall–Kier alpha value is -1.62. The number of likely N-dealkylation sites (N-methyl/N-ethyl adjacent to an activating group) is 1. The Morgan fingerprint density at radius 2 is 2.17 bits per heavy atom. The van der Waals surface area contributed by atoms with Crippen molar-refractivity contribution in [1.82, 2.24) is 9.88 Å². The maximum Gasteiger partial charge on any atom is 0.239 e. The van der Waals surface area contributed by atoms with Crippen LogP contribution in [-0.2, 0) is 11.3 Å². The van der Waals surface area contributed by atoms with E-state index in [1.54, 1.807) is 32.2 Å². The van der Waals surface area contributed by atoms with Crippen LogP contribution in [0.5, 0.6) is 5.75 Å². The standard InChI is InChI=1S/C13H21N3O2/c1-8-6-15-11(9(2)12(8)18-5)7-16(4)13(17)10(3)14/h6,10H,7,14H2,1-5H3. The van der Waals surface area contributed by atoms with Crippen molar-refractivity contribution in [2.24, 2.45) is 5.73 Å². The van der Waals surface area contributed by atoms with E-state index in [0.717, 1.165) is 22.6 Å². The minimum absolute atomic E-state index is 0.101. The number of hydrogen-bond donors (Lipinski definition) is 1. The van der Waals surface area contributed by atoms with Crippen LogP contribution >= 0.6 is 0 Å². The van der Waals surface area contributed by atoms with Crippen LogP contribution in [0.1, 0.15) is 23.7 Å². The van der Waals surface area contributed by atoms with Crippen LogP contribution in [0.4, 0.5) is 0 Å². The molecule has 0 fully saturated rings. The van der Waals surface area contributed by atoms with E-state index < -0.39 is 6.04 Å². The van der Waals surface area contributed by atoms with E-state index in [2.05, 4.69) is 4.98 Å². The summed E-state index contributed by atoms with van der Waals surface area (Å²) in [5.74, 6) is 0.720. The molecule has 100 valence electrons. The Labute approximate surface area is 108 Å². The van der Waals surface area contributed by atoms with E-state index in [-0.39, 0.29) is 5.91 Å². The number of rotatable bonds is 4. The minimum atomic E-state index is -0.498. The molecule has 0 aromatic carbocycles. The summed E-state index contributed by atoms with van der Waals surface area (Å²) in [5.41, 5.74) is 8.35. The number of amides is 1. The average Bonchev–Trinajstić information content (AvgIpc) is 2.32. The number of nitrogens with zero attached hydrogens (tertiary/aromatic N) is 2. The molecule has 1 aromatic rings. The van der Waals surface area contributed by atoms with Crippen LogP contribution in [0.25, 0.3) is 0 Å². The smallest absolute Gasteiger partial charge is 0.239 e. The summed E-state index contributed by atoms with van der Waals surface area (Å²) >= 11 is 0. The number of methoxy groups -OCH3 is 1. The normalized spacial score (nSPS) is 12.1. The number of ether oxygens (including phenoxy) is 1. The van der Waals surface area contributed by atoms with Crippen molar-refractivity contribution in [3.8, 4) is 5.75 Å². The maximum absolute atomic E-state index is 11.7. The van der Waals surface area contributed by atoms with Crippen molar-refractivity contribution in [3.05, 3.63) is 23.0 Å². The fourth-order valence-corrected chi connectivity index (χ4v) is 1.88. The number of aryl methyl sites for hydroxylation is 1. The average molecular weight is 251 g/mol. The van der Waals surface area contributed by atoms with Gasteiger partial charge >= 0.3 is 0 Å². The third-order valence-electron chi connectivity index (χ3n) is 2.90. The summed E-state index contributed by atoms with van der Waals surface area (Å²) in [7, 11) is 3.36. The molecular weight excluding hydrogens is 230 g/mol. The predicted octanol–water partition coefficient (Wildman–Crippen LogP) is 1.01. The molecule has 0 aliphatic carbocycles. The van der Waals surface area contributed by atoms with Gasteiger partial charge in [-0.2, -0.15) is 0 Å². The summed E-state index contributed by atoms with van der Waals surface area (Å²) in [6.45, 7) is 6.00. The van der Waals surface area contributed by atoms with Gasteiger partial charge in [-0.05, 0) is 20.8 Å². The molecule has 0 radical (unpaired) electrons. The molecule has 1 atom stereocenters. The number of carbonyl (C=O) groups is 1. The van der Waals surface area contributed by atoms with Crippen molar-refractivity contribution in [3.63, 3.8) is 0 Å². The monoisotopic (exact) mass is 251 g/mol. The van der Waals surface area contributed by atoms with Gasteiger partial charge in [0.1, 0.15) is 5.75 Å². The summed E-state index contributed by atoms with van der Waals surface area (Å²) in [6.07, 6.45) is 1.76. The first-order chi connectivity index (χ1) is 8.38. The van der Waals surface area contributed by atoms with E-state index in [0.29, 0.717) is 6.54 Å². The number of pyridine rings is 1. The first kappa shape index (κ1) is 14.4. The molecule has 18 heavy (non-hydrogen) atoms. The van der Waals surface area contributed by atoms with Crippen LogP contribution in [-0.4, -0.2) is 36.0 Å². The van der Waals surface area contributed by atoms with Gasteiger partial charge in [-0.15, -0.1) is 0 Å². The zero-order valence-corrected chi connectivity index (χ0v) is 11.7. The quantitative estimate of drug-likeness (QED) is 0.867. The maximum atomic E-state index is 11.7. The molecule has 0 spiro atoms. The molecule has 1 amide bonds. The second-order valence-corrected chi connectivity index (χ2v) is 4.53. The SMILES string of the molecule is COc1c(C)cnc(CN(C)C(=O)C(C)N)c1C. The van der Waals surface area contributed by atoms with Gasteiger partial charge in [-0.25, -0.2) is 0 Å². The highest BCUT2D eigenvalue weighted by molar-refractivity contribution is 5.80. The molecule has 0 saturated carbocycles. The van der Waals surface area contributed by atoms with Crippen LogP contribution in [0.15, 0.2) is 6.20 Å². The number of carbonyl (C=O) groups excluding carboxylic acids is 1. The van der Waals surface area contributed by atoms with Gasteiger partial charge < -0.3 is 15.4 Å². The van der Waals surface area contributed by atoms with Crippen molar-refractivity contribution in [2.45, 2.75) is 33.4 Å². The van der Waals surface area contributed by atoms with Gasteiger partial charge in [-0.1, -0.05) is 0 Å². The molecule has 2 N–H and O–H groups in total. The lowest BCUT2D eigenvalue weighted by Crippen LogP contribution is -2.39. The molecule has 1 rings (SSSR count). The van der Waals surface area contributed by atoms with Crippen LogP contribution in [0.3, 0.4) is 0 Å².